The zero-order valence-electron chi connectivity index (χ0n) is 16.2. The number of anilines is 3. The maximum atomic E-state index is 13.5. The predicted octanol–water partition coefficient (Wildman–Crippen LogP) is 4.92. The van der Waals surface area contributed by atoms with Crippen LogP contribution in [0.4, 0.5) is 21.7 Å². The third-order valence-electron chi connectivity index (χ3n) is 4.40. The summed E-state index contributed by atoms with van der Waals surface area (Å²) in [6.07, 6.45) is 3.45. The highest BCUT2D eigenvalue weighted by molar-refractivity contribution is 9.10. The Bertz CT molecular complexity index is 1010. The highest BCUT2D eigenvalue weighted by Crippen LogP contribution is 2.28. The minimum Gasteiger partial charge on any atom is -0.373 e. The molecule has 0 aliphatic heterocycles. The third kappa shape index (κ3) is 4.66. The van der Waals surface area contributed by atoms with Crippen LogP contribution < -0.4 is 10.2 Å². The van der Waals surface area contributed by atoms with Gasteiger partial charge in [-0.2, -0.15) is 0 Å². The monoisotopic (exact) mass is 443 g/mol. The molecule has 0 saturated carbocycles. The molecule has 0 amide bonds. The second kappa shape index (κ2) is 8.67. The van der Waals surface area contributed by atoms with Crippen LogP contribution in [0.15, 0.2) is 47.6 Å². The number of fused-ring (bicyclic) bond motifs is 1. The highest BCUT2D eigenvalue weighted by atomic mass is 79.9. The minimum atomic E-state index is -0.326. The lowest BCUT2D eigenvalue weighted by molar-refractivity contribution is 0.416. The maximum absolute atomic E-state index is 13.5. The molecule has 0 aliphatic carbocycles. The SMILES string of the molecule is C=Cc1cc(Nc2ncc3cc(F)cc(Br)c3n2)ccc1N(C)CCN(C)C. The van der Waals surface area contributed by atoms with Crippen LogP contribution in [0.2, 0.25) is 0 Å². The van der Waals surface area contributed by atoms with Crippen LogP contribution >= 0.6 is 15.9 Å². The van der Waals surface area contributed by atoms with Gasteiger partial charge >= 0.3 is 0 Å². The standard InChI is InChI=1S/C21H23BrFN5/c1-5-14-11-17(6-7-19(14)28(4)9-8-27(2)3)25-21-24-13-15-10-16(23)12-18(22)20(15)26-21/h5-7,10-13H,1,8-9H2,2-4H3,(H,24,25,26). The predicted molar refractivity (Wildman–Crippen MR) is 119 cm³/mol. The average molecular weight is 444 g/mol. The lowest BCUT2D eigenvalue weighted by Crippen LogP contribution is -2.28. The van der Waals surface area contributed by atoms with Gasteiger partial charge in [-0.05, 0) is 65.9 Å². The molecule has 0 unspecified atom stereocenters. The van der Waals surface area contributed by atoms with E-state index in [9.17, 15) is 4.39 Å². The van der Waals surface area contributed by atoms with Crippen molar-refractivity contribution in [1.82, 2.24) is 14.9 Å². The molecule has 0 radical (unpaired) electrons. The molecule has 146 valence electrons. The van der Waals surface area contributed by atoms with Gasteiger partial charge in [0, 0.05) is 47.6 Å². The number of hydrogen-bond acceptors (Lipinski definition) is 5. The third-order valence-corrected chi connectivity index (χ3v) is 5.00. The quantitative estimate of drug-likeness (QED) is 0.561. The van der Waals surface area contributed by atoms with Crippen molar-refractivity contribution in [1.29, 1.82) is 0 Å². The summed E-state index contributed by atoms with van der Waals surface area (Å²) in [4.78, 5) is 13.2. The molecule has 0 atom stereocenters. The van der Waals surface area contributed by atoms with E-state index in [0.717, 1.165) is 30.0 Å². The molecule has 1 N–H and O–H groups in total. The normalized spacial score (nSPS) is 11.1. The molecule has 0 spiro atoms. The van der Waals surface area contributed by atoms with E-state index in [2.05, 4.69) is 74.8 Å². The van der Waals surface area contributed by atoms with Crippen molar-refractivity contribution in [3.63, 3.8) is 0 Å². The molecule has 28 heavy (non-hydrogen) atoms. The summed E-state index contributed by atoms with van der Waals surface area (Å²) in [5.41, 5.74) is 3.65. The van der Waals surface area contributed by atoms with E-state index < -0.39 is 0 Å². The molecule has 3 rings (SSSR count). The van der Waals surface area contributed by atoms with Gasteiger partial charge in [-0.3, -0.25) is 0 Å². The fourth-order valence-corrected chi connectivity index (χ4v) is 3.41. The Hall–Kier alpha value is -2.51. The Morgan fingerprint density at radius 2 is 1.96 bits per heavy atom. The van der Waals surface area contributed by atoms with E-state index >= 15 is 0 Å². The first-order chi connectivity index (χ1) is 13.4. The lowest BCUT2D eigenvalue weighted by atomic mass is 10.1. The van der Waals surface area contributed by atoms with E-state index in [1.807, 2.05) is 18.2 Å². The highest BCUT2D eigenvalue weighted by Gasteiger charge is 2.09. The fraction of sp³-hybridized carbons (Fsp3) is 0.238. The van der Waals surface area contributed by atoms with E-state index in [-0.39, 0.29) is 5.82 Å². The van der Waals surface area contributed by atoms with Gasteiger partial charge in [0.05, 0.1) is 5.52 Å². The number of benzene rings is 2. The van der Waals surface area contributed by atoms with Crippen LogP contribution in [-0.2, 0) is 0 Å². The van der Waals surface area contributed by atoms with Crippen molar-refractivity contribution in [3.05, 3.63) is 59.0 Å². The number of halogens is 2. The number of nitrogens with zero attached hydrogens (tertiary/aromatic N) is 4. The summed E-state index contributed by atoms with van der Waals surface area (Å²) in [6.45, 7) is 5.82. The molecule has 5 nitrogen and oxygen atoms in total. The van der Waals surface area contributed by atoms with Crippen LogP contribution in [0.1, 0.15) is 5.56 Å². The first-order valence-electron chi connectivity index (χ1n) is 8.88. The summed E-state index contributed by atoms with van der Waals surface area (Å²) >= 11 is 3.36. The number of rotatable bonds is 7. The summed E-state index contributed by atoms with van der Waals surface area (Å²) < 4.78 is 14.1. The molecule has 0 bridgehead atoms. The Morgan fingerprint density at radius 3 is 2.68 bits per heavy atom. The van der Waals surface area contributed by atoms with Crippen molar-refractivity contribution in [2.75, 3.05) is 44.4 Å². The second-order valence-electron chi connectivity index (χ2n) is 6.85. The summed E-state index contributed by atoms with van der Waals surface area (Å²) in [5.74, 6) is 0.122. The van der Waals surface area contributed by atoms with E-state index in [1.165, 1.54) is 12.1 Å². The zero-order chi connectivity index (χ0) is 20.3. The van der Waals surface area contributed by atoms with Gasteiger partial charge in [0.1, 0.15) is 5.82 Å². The van der Waals surface area contributed by atoms with E-state index in [4.69, 9.17) is 0 Å². The summed E-state index contributed by atoms with van der Waals surface area (Å²) in [7, 11) is 6.19. The van der Waals surface area contributed by atoms with Crippen LogP contribution in [-0.4, -0.2) is 49.1 Å². The van der Waals surface area contributed by atoms with Gasteiger partial charge in [0.2, 0.25) is 5.95 Å². The molecule has 0 saturated heterocycles. The summed E-state index contributed by atoms with van der Waals surface area (Å²) in [6, 6.07) is 8.87. The number of nitrogens with one attached hydrogen (secondary N) is 1. The Labute approximate surface area is 173 Å². The van der Waals surface area contributed by atoms with Gasteiger partial charge < -0.3 is 15.1 Å². The molecule has 1 heterocycles. The van der Waals surface area contributed by atoms with E-state index in [0.29, 0.717) is 21.3 Å². The van der Waals surface area contributed by atoms with Crippen LogP contribution in [0.25, 0.3) is 17.0 Å². The van der Waals surface area contributed by atoms with Crippen molar-refractivity contribution in [3.8, 4) is 0 Å². The molecule has 3 aromatic rings. The molecule has 1 aromatic heterocycles. The van der Waals surface area contributed by atoms with Gasteiger partial charge in [0.25, 0.3) is 0 Å². The van der Waals surface area contributed by atoms with Crippen LogP contribution in [0.3, 0.4) is 0 Å². The van der Waals surface area contributed by atoms with Crippen molar-refractivity contribution < 1.29 is 4.39 Å². The average Bonchev–Trinajstić information content (AvgIpc) is 2.66. The number of aromatic nitrogens is 2. The molecular weight excluding hydrogens is 421 g/mol. The van der Waals surface area contributed by atoms with Crippen LogP contribution in [0.5, 0.6) is 0 Å². The van der Waals surface area contributed by atoms with Crippen LogP contribution in [0, 0.1) is 5.82 Å². The largest absolute Gasteiger partial charge is 0.373 e. The van der Waals surface area contributed by atoms with E-state index in [1.54, 1.807) is 6.20 Å². The first-order valence-corrected chi connectivity index (χ1v) is 9.68. The molecule has 7 heteroatoms. The van der Waals surface area contributed by atoms with Crippen molar-refractivity contribution in [2.24, 2.45) is 0 Å². The Balaban J connectivity index is 1.84. The Kier molecular flexibility index (Phi) is 6.26. The number of likely N-dealkylation sites (N-methyl/N-ethyl adjacent to an activating group) is 2. The Morgan fingerprint density at radius 1 is 1.18 bits per heavy atom. The molecule has 0 fully saturated rings. The minimum absolute atomic E-state index is 0.326. The fourth-order valence-electron chi connectivity index (χ4n) is 2.87. The molecule has 2 aromatic carbocycles. The topological polar surface area (TPSA) is 44.3 Å². The van der Waals surface area contributed by atoms with Crippen molar-refractivity contribution in [2.45, 2.75) is 0 Å². The van der Waals surface area contributed by atoms with Gasteiger partial charge in [-0.1, -0.05) is 12.7 Å². The molecule has 0 aliphatic rings. The smallest absolute Gasteiger partial charge is 0.227 e. The first kappa shape index (κ1) is 20.2. The molecular formula is C21H23BrFN5. The van der Waals surface area contributed by atoms with Crippen molar-refractivity contribution >= 4 is 50.2 Å². The van der Waals surface area contributed by atoms with Gasteiger partial charge in [-0.15, -0.1) is 0 Å². The second-order valence-corrected chi connectivity index (χ2v) is 7.70. The zero-order valence-corrected chi connectivity index (χ0v) is 17.8. The van der Waals surface area contributed by atoms with Gasteiger partial charge in [-0.25, -0.2) is 14.4 Å². The maximum Gasteiger partial charge on any atom is 0.227 e. The summed E-state index contributed by atoms with van der Waals surface area (Å²) in [5, 5.41) is 3.86. The van der Waals surface area contributed by atoms with Gasteiger partial charge in [0.15, 0.2) is 0 Å². The number of hydrogen-bond donors (Lipinski definition) is 1. The lowest BCUT2D eigenvalue weighted by Gasteiger charge is -2.24.